The van der Waals surface area contributed by atoms with Crippen molar-refractivity contribution in [3.05, 3.63) is 122 Å². The van der Waals surface area contributed by atoms with E-state index >= 15 is 0 Å². The lowest BCUT2D eigenvalue weighted by Gasteiger charge is -2.31. The van der Waals surface area contributed by atoms with Crippen LogP contribution >= 0.6 is 0 Å². The summed E-state index contributed by atoms with van der Waals surface area (Å²) in [5, 5.41) is 5.52. The van der Waals surface area contributed by atoms with Crippen LogP contribution in [0.1, 0.15) is 30.0 Å². The Morgan fingerprint density at radius 1 is 0.784 bits per heavy atom. The second-order valence-corrected chi connectivity index (χ2v) is 10.3. The number of hydrogen-bond donors (Lipinski definition) is 0. The molecule has 0 amide bonds. The number of benzene rings is 3. The second-order valence-electron chi connectivity index (χ2n) is 10.3. The highest BCUT2D eigenvalue weighted by Gasteiger charge is 2.25. The Hall–Kier alpha value is -3.98. The standard InChI is InChI=1S/C34H33NO2/c1-22-9-10-24-11-13-27-26(29(24)18-22)14-15-28-30(27)19-23(2)20-31(28)32-8-6-5-7-17-35(32)25-12-16-33(36-3)34(21-25)37-4/h5-12,14-18,21,23H,13,19-20H2,1-4H3. The zero-order valence-corrected chi connectivity index (χ0v) is 22.0. The summed E-state index contributed by atoms with van der Waals surface area (Å²) < 4.78 is 11.1. The van der Waals surface area contributed by atoms with E-state index in [1.54, 1.807) is 14.2 Å². The molecule has 0 spiro atoms. The molecule has 1 atom stereocenters. The molecular weight excluding hydrogens is 454 g/mol. The third-order valence-electron chi connectivity index (χ3n) is 7.81. The fraction of sp³-hybridized carbons (Fsp3) is 0.235. The molecule has 1 heterocycles. The highest BCUT2D eigenvalue weighted by molar-refractivity contribution is 5.77. The molecule has 3 aromatic rings. The first-order chi connectivity index (χ1) is 18.1. The van der Waals surface area contributed by atoms with Crippen molar-refractivity contribution < 1.29 is 9.47 Å². The lowest BCUT2D eigenvalue weighted by molar-refractivity contribution is 0.355. The number of rotatable bonds is 4. The maximum absolute atomic E-state index is 5.63. The molecule has 3 aromatic carbocycles. The number of fused-ring (bicyclic) bond motifs is 4. The molecule has 2 aliphatic carbocycles. The molecule has 186 valence electrons. The van der Waals surface area contributed by atoms with Crippen LogP contribution in [0.15, 0.2) is 84.7 Å². The number of anilines is 1. The SMILES string of the molecule is COc1ccc(N2C=CC=CC=C2C2=c3ccc4c(c3CC(C)C2)CC=c2ccc(C)cc2=4)cc1OC. The van der Waals surface area contributed by atoms with Crippen LogP contribution in [0.25, 0.3) is 11.6 Å². The maximum atomic E-state index is 5.63. The Balaban J connectivity index is 1.59. The lowest BCUT2D eigenvalue weighted by atomic mass is 9.80. The van der Waals surface area contributed by atoms with Gasteiger partial charge in [-0.25, -0.2) is 0 Å². The minimum Gasteiger partial charge on any atom is -0.493 e. The summed E-state index contributed by atoms with van der Waals surface area (Å²) in [5.41, 5.74) is 7.98. The number of allylic oxidation sites excluding steroid dienone is 5. The van der Waals surface area contributed by atoms with Crippen LogP contribution in [0, 0.1) is 23.3 Å². The summed E-state index contributed by atoms with van der Waals surface area (Å²) in [6.45, 7) is 4.57. The predicted octanol–water partition coefficient (Wildman–Crippen LogP) is 5.84. The summed E-state index contributed by atoms with van der Waals surface area (Å²) in [6, 6.07) is 17.7. The molecule has 3 heteroatoms. The van der Waals surface area contributed by atoms with Gasteiger partial charge in [0.2, 0.25) is 0 Å². The van der Waals surface area contributed by atoms with Gasteiger partial charge in [0.05, 0.1) is 14.2 Å². The molecule has 0 fully saturated rings. The van der Waals surface area contributed by atoms with Crippen molar-refractivity contribution in [2.24, 2.45) is 5.92 Å². The molecule has 0 radical (unpaired) electrons. The third kappa shape index (κ3) is 4.09. The van der Waals surface area contributed by atoms with E-state index in [-0.39, 0.29) is 0 Å². The molecule has 6 rings (SSSR count). The van der Waals surface area contributed by atoms with Crippen LogP contribution in [-0.4, -0.2) is 14.2 Å². The first-order valence-electron chi connectivity index (χ1n) is 13.1. The van der Waals surface area contributed by atoms with E-state index in [1.165, 1.54) is 48.8 Å². The molecule has 0 N–H and O–H groups in total. The minimum absolute atomic E-state index is 0.567. The Morgan fingerprint density at radius 2 is 1.62 bits per heavy atom. The fourth-order valence-electron chi connectivity index (χ4n) is 6.06. The number of methoxy groups -OCH3 is 2. The van der Waals surface area contributed by atoms with E-state index in [1.807, 2.05) is 6.07 Å². The molecular formula is C34H33NO2. The van der Waals surface area contributed by atoms with Gasteiger partial charge in [-0.1, -0.05) is 61.0 Å². The van der Waals surface area contributed by atoms with Crippen LogP contribution in [0.5, 0.6) is 11.5 Å². The van der Waals surface area contributed by atoms with Crippen LogP contribution in [0.4, 0.5) is 5.69 Å². The summed E-state index contributed by atoms with van der Waals surface area (Å²) in [5.74, 6) is 2.03. The van der Waals surface area contributed by atoms with Crippen LogP contribution in [-0.2, 0) is 12.8 Å². The van der Waals surface area contributed by atoms with Crippen LogP contribution in [0.2, 0.25) is 0 Å². The lowest BCUT2D eigenvalue weighted by Crippen LogP contribution is -2.30. The zero-order valence-electron chi connectivity index (χ0n) is 22.0. The number of nitrogens with zero attached hydrogens (tertiary/aromatic N) is 1. The third-order valence-corrected chi connectivity index (χ3v) is 7.81. The average Bonchev–Trinajstić information content (AvgIpc) is 3.18. The summed E-state index contributed by atoms with van der Waals surface area (Å²) in [6.07, 6.45) is 16.3. The molecule has 3 aliphatic rings. The second kappa shape index (κ2) is 9.48. The predicted molar refractivity (Wildman–Crippen MR) is 152 cm³/mol. The Kier molecular flexibility index (Phi) is 6.00. The van der Waals surface area contributed by atoms with Crippen molar-refractivity contribution in [2.75, 3.05) is 19.1 Å². The van der Waals surface area contributed by atoms with Gasteiger partial charge < -0.3 is 14.4 Å². The fourth-order valence-corrected chi connectivity index (χ4v) is 6.06. The summed E-state index contributed by atoms with van der Waals surface area (Å²) in [4.78, 5) is 2.28. The van der Waals surface area contributed by atoms with Gasteiger partial charge in [-0.3, -0.25) is 0 Å². The molecule has 1 unspecified atom stereocenters. The Labute approximate surface area is 218 Å². The van der Waals surface area contributed by atoms with Crippen molar-refractivity contribution in [3.8, 4) is 11.5 Å². The van der Waals surface area contributed by atoms with Crippen molar-refractivity contribution in [1.82, 2.24) is 0 Å². The molecule has 3 nitrogen and oxygen atoms in total. The first kappa shape index (κ1) is 23.4. The van der Waals surface area contributed by atoms with E-state index in [4.69, 9.17) is 9.47 Å². The molecule has 0 saturated carbocycles. The normalized spacial score (nSPS) is 17.7. The smallest absolute Gasteiger partial charge is 0.162 e. The maximum Gasteiger partial charge on any atom is 0.162 e. The van der Waals surface area contributed by atoms with E-state index in [0.29, 0.717) is 5.92 Å². The highest BCUT2D eigenvalue weighted by Crippen LogP contribution is 2.37. The zero-order chi connectivity index (χ0) is 25.5. The van der Waals surface area contributed by atoms with E-state index in [2.05, 4.69) is 97.8 Å². The highest BCUT2D eigenvalue weighted by atomic mass is 16.5. The van der Waals surface area contributed by atoms with Crippen molar-refractivity contribution in [2.45, 2.75) is 33.1 Å². The van der Waals surface area contributed by atoms with Gasteiger partial charge in [-0.15, -0.1) is 0 Å². The van der Waals surface area contributed by atoms with Crippen LogP contribution < -0.4 is 24.8 Å². The van der Waals surface area contributed by atoms with Crippen molar-refractivity contribution >= 4 is 17.3 Å². The topological polar surface area (TPSA) is 21.7 Å². The van der Waals surface area contributed by atoms with E-state index < -0.39 is 0 Å². The molecule has 0 bridgehead atoms. The molecule has 0 saturated heterocycles. The van der Waals surface area contributed by atoms with Gasteiger partial charge in [-0.05, 0) is 94.0 Å². The minimum atomic E-state index is 0.567. The monoisotopic (exact) mass is 487 g/mol. The molecule has 0 aromatic heterocycles. The van der Waals surface area contributed by atoms with E-state index in [9.17, 15) is 0 Å². The Bertz CT molecular complexity index is 1710. The number of aryl methyl sites for hydroxylation is 1. The van der Waals surface area contributed by atoms with Gasteiger partial charge in [0, 0.05) is 23.7 Å². The first-order valence-corrected chi connectivity index (χ1v) is 13.1. The summed E-state index contributed by atoms with van der Waals surface area (Å²) in [7, 11) is 3.36. The molecule has 37 heavy (non-hydrogen) atoms. The van der Waals surface area contributed by atoms with Crippen molar-refractivity contribution in [3.63, 3.8) is 0 Å². The number of hydrogen-bond acceptors (Lipinski definition) is 3. The van der Waals surface area contributed by atoms with Gasteiger partial charge >= 0.3 is 0 Å². The van der Waals surface area contributed by atoms with Crippen molar-refractivity contribution in [1.29, 1.82) is 0 Å². The van der Waals surface area contributed by atoms with Crippen LogP contribution in [0.3, 0.4) is 0 Å². The van der Waals surface area contributed by atoms with E-state index in [0.717, 1.165) is 36.4 Å². The quantitative estimate of drug-likeness (QED) is 0.461. The molecule has 1 aliphatic heterocycles. The van der Waals surface area contributed by atoms with Gasteiger partial charge in [0.15, 0.2) is 11.5 Å². The number of ether oxygens (including phenoxy) is 2. The van der Waals surface area contributed by atoms with Gasteiger partial charge in [0.25, 0.3) is 0 Å². The van der Waals surface area contributed by atoms with Gasteiger partial charge in [0.1, 0.15) is 0 Å². The summed E-state index contributed by atoms with van der Waals surface area (Å²) >= 11 is 0. The largest absolute Gasteiger partial charge is 0.493 e. The average molecular weight is 488 g/mol. The Morgan fingerprint density at radius 3 is 2.46 bits per heavy atom. The van der Waals surface area contributed by atoms with Gasteiger partial charge in [-0.2, -0.15) is 0 Å².